The van der Waals surface area contributed by atoms with E-state index < -0.39 is 0 Å². The SMILES string of the molecule is CC(C1CNCCO1)N1[C@H](C)CCC[C@@H]1C. The highest BCUT2D eigenvalue weighted by Crippen LogP contribution is 2.26. The lowest BCUT2D eigenvalue weighted by molar-refractivity contribution is -0.0568. The Morgan fingerprint density at radius 1 is 1.25 bits per heavy atom. The predicted octanol–water partition coefficient (Wildman–Crippen LogP) is 1.63. The molecule has 3 nitrogen and oxygen atoms in total. The van der Waals surface area contributed by atoms with Crippen LogP contribution < -0.4 is 5.32 Å². The Labute approximate surface area is 99.5 Å². The lowest BCUT2D eigenvalue weighted by Gasteiger charge is -2.46. The van der Waals surface area contributed by atoms with Crippen molar-refractivity contribution in [2.45, 2.75) is 64.3 Å². The van der Waals surface area contributed by atoms with Gasteiger partial charge in [0.25, 0.3) is 0 Å². The van der Waals surface area contributed by atoms with E-state index in [0.29, 0.717) is 24.2 Å². The fraction of sp³-hybridized carbons (Fsp3) is 1.00. The Balaban J connectivity index is 1.97. The summed E-state index contributed by atoms with van der Waals surface area (Å²) >= 11 is 0. The second kappa shape index (κ2) is 5.48. The van der Waals surface area contributed by atoms with E-state index in [1.165, 1.54) is 19.3 Å². The molecule has 0 radical (unpaired) electrons. The summed E-state index contributed by atoms with van der Waals surface area (Å²) in [5.74, 6) is 0. The van der Waals surface area contributed by atoms with Crippen molar-refractivity contribution in [2.75, 3.05) is 19.7 Å². The number of morpholine rings is 1. The molecule has 0 amide bonds. The van der Waals surface area contributed by atoms with E-state index in [2.05, 4.69) is 31.0 Å². The highest BCUT2D eigenvalue weighted by atomic mass is 16.5. The highest BCUT2D eigenvalue weighted by Gasteiger charge is 2.33. The van der Waals surface area contributed by atoms with E-state index in [0.717, 1.165) is 19.7 Å². The van der Waals surface area contributed by atoms with Gasteiger partial charge in [0.1, 0.15) is 0 Å². The van der Waals surface area contributed by atoms with Crippen molar-refractivity contribution in [2.24, 2.45) is 0 Å². The number of hydrogen-bond donors (Lipinski definition) is 1. The molecule has 16 heavy (non-hydrogen) atoms. The van der Waals surface area contributed by atoms with Gasteiger partial charge in [0, 0.05) is 31.2 Å². The molecule has 2 aliphatic heterocycles. The summed E-state index contributed by atoms with van der Waals surface area (Å²) < 4.78 is 5.89. The minimum Gasteiger partial charge on any atom is -0.374 e. The van der Waals surface area contributed by atoms with Crippen molar-refractivity contribution < 1.29 is 4.74 Å². The molecule has 2 aliphatic rings. The molecule has 0 aromatic carbocycles. The third kappa shape index (κ3) is 2.58. The van der Waals surface area contributed by atoms with E-state index in [-0.39, 0.29) is 0 Å². The third-order valence-electron chi connectivity index (χ3n) is 4.23. The van der Waals surface area contributed by atoms with E-state index in [9.17, 15) is 0 Å². The highest BCUT2D eigenvalue weighted by molar-refractivity contribution is 4.88. The molecule has 2 fully saturated rings. The molecule has 4 atom stereocenters. The van der Waals surface area contributed by atoms with Crippen LogP contribution in [-0.4, -0.2) is 48.8 Å². The van der Waals surface area contributed by atoms with Gasteiger partial charge in [0.15, 0.2) is 0 Å². The van der Waals surface area contributed by atoms with Crippen LogP contribution in [0.3, 0.4) is 0 Å². The van der Waals surface area contributed by atoms with Crippen molar-refractivity contribution in [1.29, 1.82) is 0 Å². The molecule has 2 unspecified atom stereocenters. The molecule has 0 aromatic rings. The first kappa shape index (κ1) is 12.3. The maximum absolute atomic E-state index is 5.89. The van der Waals surface area contributed by atoms with Crippen molar-refractivity contribution in [3.8, 4) is 0 Å². The summed E-state index contributed by atoms with van der Waals surface area (Å²) in [5, 5.41) is 3.43. The first-order valence-electron chi connectivity index (χ1n) is 6.80. The standard InChI is InChI=1S/C13H26N2O/c1-10-5-4-6-11(2)15(10)12(3)13-9-14-7-8-16-13/h10-14H,4-9H2,1-3H3/t10-,11+,12?,13?. The zero-order chi connectivity index (χ0) is 11.5. The Morgan fingerprint density at radius 3 is 2.50 bits per heavy atom. The van der Waals surface area contributed by atoms with Crippen LogP contribution in [-0.2, 0) is 4.74 Å². The van der Waals surface area contributed by atoms with Crippen LogP contribution >= 0.6 is 0 Å². The van der Waals surface area contributed by atoms with Crippen molar-refractivity contribution in [3.05, 3.63) is 0 Å². The topological polar surface area (TPSA) is 24.5 Å². The minimum absolute atomic E-state index is 0.372. The van der Waals surface area contributed by atoms with E-state index >= 15 is 0 Å². The van der Waals surface area contributed by atoms with Gasteiger partial charge in [-0.1, -0.05) is 6.42 Å². The molecule has 0 spiro atoms. The Bertz CT molecular complexity index is 206. The number of piperidine rings is 1. The minimum atomic E-state index is 0.372. The van der Waals surface area contributed by atoms with Crippen LogP contribution in [0.1, 0.15) is 40.0 Å². The van der Waals surface area contributed by atoms with Gasteiger partial charge < -0.3 is 10.1 Å². The zero-order valence-corrected chi connectivity index (χ0v) is 10.9. The zero-order valence-electron chi connectivity index (χ0n) is 10.9. The van der Waals surface area contributed by atoms with E-state index in [1.807, 2.05) is 0 Å². The van der Waals surface area contributed by atoms with Gasteiger partial charge >= 0.3 is 0 Å². The number of nitrogens with zero attached hydrogens (tertiary/aromatic N) is 1. The summed E-state index contributed by atoms with van der Waals surface area (Å²) in [7, 11) is 0. The molecule has 3 heteroatoms. The van der Waals surface area contributed by atoms with Gasteiger partial charge in [-0.2, -0.15) is 0 Å². The van der Waals surface area contributed by atoms with Crippen LogP contribution in [0.4, 0.5) is 0 Å². The van der Waals surface area contributed by atoms with Crippen molar-refractivity contribution in [1.82, 2.24) is 10.2 Å². The maximum atomic E-state index is 5.89. The third-order valence-corrected chi connectivity index (χ3v) is 4.23. The quantitative estimate of drug-likeness (QED) is 0.774. The monoisotopic (exact) mass is 226 g/mol. The second-order valence-electron chi connectivity index (χ2n) is 5.43. The molecule has 94 valence electrons. The van der Waals surface area contributed by atoms with Crippen LogP contribution in [0.5, 0.6) is 0 Å². The fourth-order valence-corrected chi connectivity index (χ4v) is 3.33. The van der Waals surface area contributed by atoms with Gasteiger partial charge in [-0.05, 0) is 33.6 Å². The fourth-order valence-electron chi connectivity index (χ4n) is 3.33. The van der Waals surface area contributed by atoms with Crippen molar-refractivity contribution >= 4 is 0 Å². The van der Waals surface area contributed by atoms with Crippen LogP contribution in [0.2, 0.25) is 0 Å². The molecule has 2 heterocycles. The van der Waals surface area contributed by atoms with Crippen LogP contribution in [0, 0.1) is 0 Å². The molecule has 1 N–H and O–H groups in total. The van der Waals surface area contributed by atoms with Gasteiger partial charge in [0.2, 0.25) is 0 Å². The van der Waals surface area contributed by atoms with Gasteiger partial charge in [-0.25, -0.2) is 0 Å². The number of hydrogen-bond acceptors (Lipinski definition) is 3. The van der Waals surface area contributed by atoms with Crippen molar-refractivity contribution in [3.63, 3.8) is 0 Å². The molecule has 0 aromatic heterocycles. The lowest BCUT2D eigenvalue weighted by atomic mass is 9.94. The Hall–Kier alpha value is -0.120. The number of nitrogens with one attached hydrogen (secondary N) is 1. The van der Waals surface area contributed by atoms with Gasteiger partial charge in [-0.3, -0.25) is 4.90 Å². The largest absolute Gasteiger partial charge is 0.374 e. The maximum Gasteiger partial charge on any atom is 0.0852 e. The summed E-state index contributed by atoms with van der Waals surface area (Å²) in [6.07, 6.45) is 4.44. The number of likely N-dealkylation sites (tertiary alicyclic amines) is 1. The molecule has 2 rings (SSSR count). The molecular weight excluding hydrogens is 200 g/mol. The number of rotatable bonds is 2. The summed E-state index contributed by atoms with van der Waals surface area (Å²) in [5.41, 5.74) is 0. The molecule has 0 bridgehead atoms. The first-order chi connectivity index (χ1) is 7.70. The molecular formula is C13H26N2O. The predicted molar refractivity (Wildman–Crippen MR) is 66.7 cm³/mol. The molecule has 0 aliphatic carbocycles. The van der Waals surface area contributed by atoms with Gasteiger partial charge in [0.05, 0.1) is 12.7 Å². The summed E-state index contributed by atoms with van der Waals surface area (Å²) in [4.78, 5) is 2.67. The van der Waals surface area contributed by atoms with Gasteiger partial charge in [-0.15, -0.1) is 0 Å². The summed E-state index contributed by atoms with van der Waals surface area (Å²) in [6, 6.07) is 1.96. The molecule has 2 saturated heterocycles. The average Bonchev–Trinajstić information content (AvgIpc) is 2.30. The Morgan fingerprint density at radius 2 is 1.94 bits per heavy atom. The average molecular weight is 226 g/mol. The second-order valence-corrected chi connectivity index (χ2v) is 5.43. The summed E-state index contributed by atoms with van der Waals surface area (Å²) in [6.45, 7) is 9.94. The van der Waals surface area contributed by atoms with Crippen LogP contribution in [0.15, 0.2) is 0 Å². The Kier molecular flexibility index (Phi) is 4.22. The normalized spacial score (nSPS) is 39.6. The smallest absolute Gasteiger partial charge is 0.0852 e. The lowest BCUT2D eigenvalue weighted by Crippen LogP contribution is -2.57. The van der Waals surface area contributed by atoms with E-state index in [4.69, 9.17) is 4.74 Å². The van der Waals surface area contributed by atoms with Crippen LogP contribution in [0.25, 0.3) is 0 Å². The molecule has 0 saturated carbocycles. The van der Waals surface area contributed by atoms with E-state index in [1.54, 1.807) is 0 Å². The first-order valence-corrected chi connectivity index (χ1v) is 6.80. The number of ether oxygens (including phenoxy) is 1.